The van der Waals surface area contributed by atoms with E-state index in [9.17, 15) is 20.4 Å². The lowest BCUT2D eigenvalue weighted by atomic mass is 9.68. The molecule has 0 radical (unpaired) electrons. The number of aliphatic hydroxyl groups excluding tert-OH is 1. The van der Waals surface area contributed by atoms with E-state index in [0.29, 0.717) is 28.5 Å². The van der Waals surface area contributed by atoms with Crippen molar-refractivity contribution in [1.82, 2.24) is 0 Å². The van der Waals surface area contributed by atoms with E-state index in [-0.39, 0.29) is 34.8 Å². The normalized spacial score (nSPS) is 15.6. The van der Waals surface area contributed by atoms with E-state index in [0.717, 1.165) is 22.1 Å². The smallest absolute Gasteiger partial charge is 0.131 e. The van der Waals surface area contributed by atoms with E-state index in [1.54, 1.807) is 24.3 Å². The summed E-state index contributed by atoms with van der Waals surface area (Å²) in [6.07, 6.45) is 0.671. The molecule has 0 fully saturated rings. The Hall–Kier alpha value is -3.14. The average molecular weight is 433 g/mol. The molecule has 0 atom stereocenters. The third kappa shape index (κ3) is 3.38. The van der Waals surface area contributed by atoms with Crippen LogP contribution < -0.4 is 0 Å². The Morgan fingerprint density at radius 3 is 1.94 bits per heavy atom. The van der Waals surface area contributed by atoms with Crippen molar-refractivity contribution in [3.8, 4) is 17.2 Å². The fourth-order valence-corrected chi connectivity index (χ4v) is 5.19. The zero-order valence-corrected chi connectivity index (χ0v) is 19.6. The van der Waals surface area contributed by atoms with Gasteiger partial charge in [0, 0.05) is 22.1 Å². The maximum atomic E-state index is 11.4. The number of aromatic hydroxyl groups is 3. The van der Waals surface area contributed by atoms with Crippen molar-refractivity contribution in [1.29, 1.82) is 0 Å². The first-order valence-corrected chi connectivity index (χ1v) is 11.2. The van der Waals surface area contributed by atoms with Gasteiger partial charge < -0.3 is 20.4 Å². The Morgan fingerprint density at radius 2 is 1.31 bits per heavy atom. The van der Waals surface area contributed by atoms with Crippen LogP contribution in [0.5, 0.6) is 17.2 Å². The van der Waals surface area contributed by atoms with Crippen molar-refractivity contribution < 1.29 is 20.4 Å². The molecule has 4 rings (SSSR count). The summed E-state index contributed by atoms with van der Waals surface area (Å²) in [6, 6.07) is 10.5. The zero-order valence-electron chi connectivity index (χ0n) is 19.6. The minimum atomic E-state index is -0.458. The van der Waals surface area contributed by atoms with Crippen molar-refractivity contribution in [2.45, 2.75) is 59.8 Å². The van der Waals surface area contributed by atoms with Crippen LogP contribution in [0.4, 0.5) is 0 Å². The Kier molecular flexibility index (Phi) is 5.15. The first-order chi connectivity index (χ1) is 14.9. The SMILES string of the molecule is CC(C)c1cc(O)cc2c1CC(C)(C)C(c1ccc3c(C(C)C)cc(O)cc3c1O)=C2O. The highest BCUT2D eigenvalue weighted by atomic mass is 16.3. The summed E-state index contributed by atoms with van der Waals surface area (Å²) >= 11 is 0. The number of rotatable bonds is 3. The summed E-state index contributed by atoms with van der Waals surface area (Å²) in [5.74, 6) is 0.722. The molecule has 1 aliphatic rings. The molecular weight excluding hydrogens is 400 g/mol. The molecule has 32 heavy (non-hydrogen) atoms. The zero-order chi connectivity index (χ0) is 23.5. The quantitative estimate of drug-likeness (QED) is 0.352. The molecule has 4 N–H and O–H groups in total. The number of phenols is 3. The van der Waals surface area contributed by atoms with E-state index in [4.69, 9.17) is 0 Å². The molecule has 0 spiro atoms. The molecule has 0 aromatic heterocycles. The summed E-state index contributed by atoms with van der Waals surface area (Å²) in [5.41, 5.74) is 4.35. The fourth-order valence-electron chi connectivity index (χ4n) is 5.19. The summed E-state index contributed by atoms with van der Waals surface area (Å²) in [5, 5.41) is 44.8. The Morgan fingerprint density at radius 1 is 0.719 bits per heavy atom. The highest BCUT2D eigenvalue weighted by Crippen LogP contribution is 2.52. The highest BCUT2D eigenvalue weighted by molar-refractivity contribution is 6.01. The third-order valence-corrected chi connectivity index (χ3v) is 6.69. The van der Waals surface area contributed by atoms with Crippen molar-refractivity contribution in [2.75, 3.05) is 0 Å². The molecule has 0 amide bonds. The molecule has 0 bridgehead atoms. The predicted octanol–water partition coefficient (Wildman–Crippen LogP) is 7.21. The van der Waals surface area contributed by atoms with Crippen molar-refractivity contribution in [3.05, 3.63) is 64.2 Å². The maximum Gasteiger partial charge on any atom is 0.131 e. The van der Waals surface area contributed by atoms with E-state index in [1.807, 2.05) is 26.0 Å². The maximum absolute atomic E-state index is 11.4. The van der Waals surface area contributed by atoms with E-state index in [1.165, 1.54) is 0 Å². The van der Waals surface area contributed by atoms with Crippen LogP contribution in [0.2, 0.25) is 0 Å². The van der Waals surface area contributed by atoms with Gasteiger partial charge in [0.2, 0.25) is 0 Å². The first kappa shape index (κ1) is 22.1. The lowest BCUT2D eigenvalue weighted by Crippen LogP contribution is -2.25. The second kappa shape index (κ2) is 7.47. The van der Waals surface area contributed by atoms with Crippen LogP contribution in [0.25, 0.3) is 22.1 Å². The summed E-state index contributed by atoms with van der Waals surface area (Å²) in [6.45, 7) is 12.4. The molecule has 0 saturated carbocycles. The lowest BCUT2D eigenvalue weighted by molar-refractivity contribution is 0.435. The number of hydrogen-bond donors (Lipinski definition) is 4. The van der Waals surface area contributed by atoms with Gasteiger partial charge >= 0.3 is 0 Å². The second-order valence-corrected chi connectivity index (χ2v) is 10.2. The number of allylic oxidation sites excluding steroid dienone is 1. The molecule has 0 aliphatic heterocycles. The molecule has 4 nitrogen and oxygen atoms in total. The topological polar surface area (TPSA) is 80.9 Å². The van der Waals surface area contributed by atoms with Crippen molar-refractivity contribution in [2.24, 2.45) is 5.41 Å². The van der Waals surface area contributed by atoms with Gasteiger partial charge in [0.1, 0.15) is 23.0 Å². The number of phenolic OH excluding ortho intramolecular Hbond substituents is 3. The summed E-state index contributed by atoms with van der Waals surface area (Å²) in [7, 11) is 0. The number of hydrogen-bond acceptors (Lipinski definition) is 4. The molecule has 3 aromatic rings. The van der Waals surface area contributed by atoms with Crippen molar-refractivity contribution in [3.63, 3.8) is 0 Å². The standard InChI is InChI=1S/C28H32O4/c1-14(2)20-9-16(29)11-22-18(20)7-8-19(26(22)31)25-27(32)23-12-17(30)10-21(15(3)4)24(23)13-28(25,5)6/h7-12,14-15,29-32H,13H2,1-6H3. The van der Waals surface area contributed by atoms with E-state index >= 15 is 0 Å². The van der Waals surface area contributed by atoms with Crippen LogP contribution in [0.1, 0.15) is 81.2 Å². The second-order valence-electron chi connectivity index (χ2n) is 10.2. The van der Waals surface area contributed by atoms with Crippen LogP contribution in [0.3, 0.4) is 0 Å². The fraction of sp³-hybridized carbons (Fsp3) is 0.357. The predicted molar refractivity (Wildman–Crippen MR) is 130 cm³/mol. The molecule has 0 heterocycles. The van der Waals surface area contributed by atoms with Crippen molar-refractivity contribution >= 4 is 22.1 Å². The minimum absolute atomic E-state index is 0.0441. The number of benzene rings is 3. The van der Waals surface area contributed by atoms with Crippen LogP contribution in [-0.4, -0.2) is 20.4 Å². The Balaban J connectivity index is 2.04. The van der Waals surface area contributed by atoms with Gasteiger partial charge in [0.05, 0.1) is 0 Å². The molecule has 1 aliphatic carbocycles. The van der Waals surface area contributed by atoms with Gasteiger partial charge in [-0.25, -0.2) is 0 Å². The van der Waals surface area contributed by atoms with Gasteiger partial charge in [-0.1, -0.05) is 53.7 Å². The molecule has 0 saturated heterocycles. The Labute approximate surface area is 189 Å². The van der Waals surface area contributed by atoms with Gasteiger partial charge in [-0.05, 0) is 70.0 Å². The lowest BCUT2D eigenvalue weighted by Gasteiger charge is -2.36. The van der Waals surface area contributed by atoms with Gasteiger partial charge in [-0.15, -0.1) is 0 Å². The Bertz CT molecular complexity index is 1260. The monoisotopic (exact) mass is 432 g/mol. The molecule has 4 heteroatoms. The molecular formula is C28H32O4. The summed E-state index contributed by atoms with van der Waals surface area (Å²) in [4.78, 5) is 0. The number of fused-ring (bicyclic) bond motifs is 2. The van der Waals surface area contributed by atoms with E-state index < -0.39 is 5.41 Å². The average Bonchev–Trinajstić information content (AvgIpc) is 2.69. The van der Waals surface area contributed by atoms with Gasteiger partial charge in [-0.3, -0.25) is 0 Å². The molecule has 3 aromatic carbocycles. The van der Waals surface area contributed by atoms with Crippen LogP contribution >= 0.6 is 0 Å². The third-order valence-electron chi connectivity index (χ3n) is 6.69. The van der Waals surface area contributed by atoms with E-state index in [2.05, 4.69) is 27.7 Å². The molecule has 0 unspecified atom stereocenters. The summed E-state index contributed by atoms with van der Waals surface area (Å²) < 4.78 is 0. The van der Waals surface area contributed by atoms with Gasteiger partial charge in [-0.2, -0.15) is 0 Å². The first-order valence-electron chi connectivity index (χ1n) is 11.2. The van der Waals surface area contributed by atoms with Crippen LogP contribution in [-0.2, 0) is 6.42 Å². The highest BCUT2D eigenvalue weighted by Gasteiger charge is 2.37. The largest absolute Gasteiger partial charge is 0.508 e. The van der Waals surface area contributed by atoms with Gasteiger partial charge in [0.15, 0.2) is 0 Å². The van der Waals surface area contributed by atoms with Crippen LogP contribution in [0, 0.1) is 5.41 Å². The van der Waals surface area contributed by atoms with Gasteiger partial charge in [0.25, 0.3) is 0 Å². The molecule has 168 valence electrons. The minimum Gasteiger partial charge on any atom is -0.508 e. The van der Waals surface area contributed by atoms with Crippen LogP contribution in [0.15, 0.2) is 36.4 Å². The number of aliphatic hydroxyl groups is 1.